The molecule has 128 valence electrons. The summed E-state index contributed by atoms with van der Waals surface area (Å²) in [6, 6.07) is 19.5. The Hall–Kier alpha value is -2.62. The van der Waals surface area contributed by atoms with Gasteiger partial charge in [0.1, 0.15) is 6.04 Å². The minimum Gasteiger partial charge on any atom is -0.333 e. The molecule has 4 rings (SSSR count). The Morgan fingerprint density at radius 1 is 1.04 bits per heavy atom. The van der Waals surface area contributed by atoms with Gasteiger partial charge in [-0.2, -0.15) is 0 Å². The van der Waals surface area contributed by atoms with Crippen LogP contribution in [0.4, 0.5) is 5.69 Å². The molecule has 1 aliphatic heterocycles. The SMILES string of the molecule is CN(C(=O)[C@@H]1C[C@@H]1c1ccccc1)[C@@H]1CCN(c2ccccc2)C1=O. The molecule has 1 saturated heterocycles. The third-order valence-corrected chi connectivity index (χ3v) is 5.40. The van der Waals surface area contributed by atoms with E-state index in [1.54, 1.807) is 16.8 Å². The number of para-hydroxylation sites is 1. The fourth-order valence-electron chi connectivity index (χ4n) is 3.84. The number of nitrogens with zero attached hydrogens (tertiary/aromatic N) is 2. The second kappa shape index (κ2) is 6.36. The van der Waals surface area contributed by atoms with E-state index in [9.17, 15) is 9.59 Å². The normalized spacial score (nSPS) is 25.1. The van der Waals surface area contributed by atoms with E-state index < -0.39 is 0 Å². The van der Waals surface area contributed by atoms with Crippen molar-refractivity contribution < 1.29 is 9.59 Å². The van der Waals surface area contributed by atoms with Crippen molar-refractivity contribution in [2.75, 3.05) is 18.5 Å². The Labute approximate surface area is 148 Å². The van der Waals surface area contributed by atoms with Gasteiger partial charge < -0.3 is 9.80 Å². The summed E-state index contributed by atoms with van der Waals surface area (Å²) < 4.78 is 0. The van der Waals surface area contributed by atoms with Crippen molar-refractivity contribution in [3.8, 4) is 0 Å². The minimum absolute atomic E-state index is 0.0194. The number of carbonyl (C=O) groups is 2. The molecule has 0 bridgehead atoms. The van der Waals surface area contributed by atoms with Gasteiger partial charge in [-0.15, -0.1) is 0 Å². The molecule has 1 saturated carbocycles. The van der Waals surface area contributed by atoms with Gasteiger partial charge >= 0.3 is 0 Å². The first-order valence-corrected chi connectivity index (χ1v) is 8.85. The summed E-state index contributed by atoms with van der Waals surface area (Å²) in [5.41, 5.74) is 2.13. The number of benzene rings is 2. The van der Waals surface area contributed by atoms with Crippen LogP contribution >= 0.6 is 0 Å². The number of carbonyl (C=O) groups excluding carboxylic acids is 2. The smallest absolute Gasteiger partial charge is 0.249 e. The molecule has 25 heavy (non-hydrogen) atoms. The van der Waals surface area contributed by atoms with Gasteiger partial charge in [0.25, 0.3) is 0 Å². The first kappa shape index (κ1) is 15.9. The van der Waals surface area contributed by atoms with Gasteiger partial charge in [-0.05, 0) is 36.5 Å². The molecule has 2 aromatic rings. The molecule has 2 aliphatic rings. The molecule has 1 aliphatic carbocycles. The standard InChI is InChI=1S/C21H22N2O2/c1-22(20(24)18-14-17(18)15-8-4-2-5-9-15)19-12-13-23(21(19)25)16-10-6-3-7-11-16/h2-11,17-19H,12-14H2,1H3/t17-,18-,19-/m1/s1. The van der Waals surface area contributed by atoms with Crippen LogP contribution in [0, 0.1) is 5.92 Å². The van der Waals surface area contributed by atoms with Gasteiger partial charge in [-0.25, -0.2) is 0 Å². The number of hydrogen-bond donors (Lipinski definition) is 0. The van der Waals surface area contributed by atoms with Crippen LogP contribution in [0.1, 0.15) is 24.3 Å². The molecule has 2 amide bonds. The molecule has 0 spiro atoms. The molecule has 2 aromatic carbocycles. The van der Waals surface area contributed by atoms with Crippen molar-refractivity contribution in [1.82, 2.24) is 4.90 Å². The maximum absolute atomic E-state index is 12.8. The summed E-state index contributed by atoms with van der Waals surface area (Å²) in [5, 5.41) is 0. The van der Waals surface area contributed by atoms with E-state index in [1.165, 1.54) is 5.56 Å². The second-order valence-corrected chi connectivity index (χ2v) is 6.94. The molecule has 4 heteroatoms. The summed E-state index contributed by atoms with van der Waals surface area (Å²) in [7, 11) is 1.78. The number of amides is 2. The predicted molar refractivity (Wildman–Crippen MR) is 97.3 cm³/mol. The molecule has 0 N–H and O–H groups in total. The Balaban J connectivity index is 1.43. The lowest BCUT2D eigenvalue weighted by Gasteiger charge is -2.24. The number of likely N-dealkylation sites (N-methyl/N-ethyl adjacent to an activating group) is 1. The van der Waals surface area contributed by atoms with Gasteiger partial charge in [-0.1, -0.05) is 48.5 Å². The van der Waals surface area contributed by atoms with Gasteiger partial charge in [0.2, 0.25) is 11.8 Å². The molecule has 1 heterocycles. The van der Waals surface area contributed by atoms with Crippen LogP contribution in [0.15, 0.2) is 60.7 Å². The molecule has 4 nitrogen and oxygen atoms in total. The van der Waals surface area contributed by atoms with Crippen molar-refractivity contribution in [1.29, 1.82) is 0 Å². The van der Waals surface area contributed by atoms with Crippen LogP contribution in [0.2, 0.25) is 0 Å². The van der Waals surface area contributed by atoms with E-state index in [4.69, 9.17) is 0 Å². The van der Waals surface area contributed by atoms with Gasteiger partial charge in [0.05, 0.1) is 0 Å². The van der Waals surface area contributed by atoms with Crippen molar-refractivity contribution in [3.63, 3.8) is 0 Å². The van der Waals surface area contributed by atoms with Crippen LogP contribution < -0.4 is 4.90 Å². The van der Waals surface area contributed by atoms with Gasteiger partial charge in [0, 0.05) is 25.2 Å². The second-order valence-electron chi connectivity index (χ2n) is 6.94. The van der Waals surface area contributed by atoms with Crippen LogP contribution in [-0.4, -0.2) is 36.3 Å². The zero-order chi connectivity index (χ0) is 17.4. The average Bonchev–Trinajstić information content (AvgIpc) is 3.37. The number of anilines is 1. The molecule has 0 aromatic heterocycles. The zero-order valence-corrected chi connectivity index (χ0v) is 14.3. The van der Waals surface area contributed by atoms with E-state index >= 15 is 0 Å². The number of rotatable bonds is 4. The highest BCUT2D eigenvalue weighted by Crippen LogP contribution is 2.48. The predicted octanol–water partition coefficient (Wildman–Crippen LogP) is 3.05. The third kappa shape index (κ3) is 2.93. The van der Waals surface area contributed by atoms with Crippen molar-refractivity contribution in [2.24, 2.45) is 5.92 Å². The van der Waals surface area contributed by atoms with E-state index in [1.807, 2.05) is 48.5 Å². The number of hydrogen-bond acceptors (Lipinski definition) is 2. The van der Waals surface area contributed by atoms with Gasteiger partial charge in [0.15, 0.2) is 0 Å². The summed E-state index contributed by atoms with van der Waals surface area (Å²) in [6.07, 6.45) is 1.58. The highest BCUT2D eigenvalue weighted by Gasteiger charge is 2.48. The fourth-order valence-corrected chi connectivity index (χ4v) is 3.84. The first-order chi connectivity index (χ1) is 12.2. The van der Waals surface area contributed by atoms with Crippen LogP contribution in [0.5, 0.6) is 0 Å². The Morgan fingerprint density at radius 3 is 2.36 bits per heavy atom. The maximum Gasteiger partial charge on any atom is 0.249 e. The van der Waals surface area contributed by atoms with Crippen LogP contribution in [0.3, 0.4) is 0 Å². The van der Waals surface area contributed by atoms with E-state index in [-0.39, 0.29) is 23.8 Å². The summed E-state index contributed by atoms with van der Waals surface area (Å²) in [5.74, 6) is 0.449. The molecule has 2 fully saturated rings. The topological polar surface area (TPSA) is 40.6 Å². The fraction of sp³-hybridized carbons (Fsp3) is 0.333. The van der Waals surface area contributed by atoms with E-state index in [0.29, 0.717) is 18.9 Å². The largest absolute Gasteiger partial charge is 0.333 e. The quantitative estimate of drug-likeness (QED) is 0.862. The highest BCUT2D eigenvalue weighted by atomic mass is 16.2. The average molecular weight is 334 g/mol. The minimum atomic E-state index is -0.343. The lowest BCUT2D eigenvalue weighted by molar-refractivity contribution is -0.137. The summed E-state index contributed by atoms with van der Waals surface area (Å²) in [4.78, 5) is 29.1. The highest BCUT2D eigenvalue weighted by molar-refractivity contribution is 6.01. The monoisotopic (exact) mass is 334 g/mol. The van der Waals surface area contributed by atoms with Gasteiger partial charge in [-0.3, -0.25) is 9.59 Å². The van der Waals surface area contributed by atoms with Crippen LogP contribution in [0.25, 0.3) is 0 Å². The van der Waals surface area contributed by atoms with Crippen molar-refractivity contribution in [2.45, 2.75) is 24.8 Å². The summed E-state index contributed by atoms with van der Waals surface area (Å²) >= 11 is 0. The van der Waals surface area contributed by atoms with Crippen molar-refractivity contribution >= 4 is 17.5 Å². The van der Waals surface area contributed by atoms with E-state index in [2.05, 4.69) is 12.1 Å². The zero-order valence-electron chi connectivity index (χ0n) is 14.3. The maximum atomic E-state index is 12.8. The lowest BCUT2D eigenvalue weighted by Crippen LogP contribution is -2.43. The van der Waals surface area contributed by atoms with Crippen molar-refractivity contribution in [3.05, 3.63) is 66.2 Å². The van der Waals surface area contributed by atoms with E-state index in [0.717, 1.165) is 12.1 Å². The first-order valence-electron chi connectivity index (χ1n) is 8.85. The molecule has 0 radical (unpaired) electrons. The molecular weight excluding hydrogens is 312 g/mol. The Kier molecular flexibility index (Phi) is 4.04. The Bertz CT molecular complexity index is 775. The van der Waals surface area contributed by atoms with Crippen LogP contribution in [-0.2, 0) is 9.59 Å². The Morgan fingerprint density at radius 2 is 1.68 bits per heavy atom. The molecule has 0 unspecified atom stereocenters. The third-order valence-electron chi connectivity index (χ3n) is 5.40. The molecule has 3 atom stereocenters. The summed E-state index contributed by atoms with van der Waals surface area (Å²) in [6.45, 7) is 0.665. The lowest BCUT2D eigenvalue weighted by atomic mass is 10.1. The molecular formula is C21H22N2O2.